The van der Waals surface area contributed by atoms with Gasteiger partial charge < -0.3 is 5.32 Å². The van der Waals surface area contributed by atoms with Gasteiger partial charge in [0, 0.05) is 75.8 Å². The highest BCUT2D eigenvalue weighted by atomic mass is 32.2. The molecule has 1 N–H and O–H groups in total. The van der Waals surface area contributed by atoms with Crippen LogP contribution >= 0.6 is 11.8 Å². The lowest BCUT2D eigenvalue weighted by molar-refractivity contribution is 0.0853. The van der Waals surface area contributed by atoms with Gasteiger partial charge in [-0.3, -0.25) is 66.6 Å². The number of hydrogen-bond acceptors (Lipinski definition) is 26. The molecule has 35 nitrogen and oxygen atoms in total. The lowest BCUT2D eigenvalue weighted by atomic mass is 10.1. The maximum Gasteiger partial charge on any atom is 0.332 e. The molecule has 3 saturated carbocycles. The highest BCUT2D eigenvalue weighted by Crippen LogP contribution is 2.48. The van der Waals surface area contributed by atoms with E-state index >= 15 is 0 Å². The maximum atomic E-state index is 13.7. The average molecular weight is 1970 g/mol. The molecular weight excluding hydrogens is 1870 g/mol. The van der Waals surface area contributed by atoms with Crippen molar-refractivity contribution in [3.05, 3.63) is 297 Å². The molecule has 1 unspecified atom stereocenters. The van der Waals surface area contributed by atoms with Crippen molar-refractivity contribution in [1.82, 2.24) is 97.7 Å². The zero-order valence-corrected chi connectivity index (χ0v) is 80.9. The number of nitrogens with one attached hydrogen (secondary N) is 1. The number of amides is 3. The number of para-hydroxylation sites is 1. The highest BCUT2D eigenvalue weighted by Gasteiger charge is 2.54. The Hall–Kier alpha value is -15.5. The van der Waals surface area contributed by atoms with E-state index in [9.17, 15) is 49.8 Å². The Kier molecular flexibility index (Phi) is 24.8. The molecule has 0 radical (unpaired) electrons. The first-order valence-corrected chi connectivity index (χ1v) is 50.9. The number of aromatic nitrogens is 17. The van der Waals surface area contributed by atoms with E-state index in [1.54, 1.807) is 117 Å². The number of pyridine rings is 4. The number of anilines is 5. The predicted molar refractivity (Wildman–Crippen MR) is 531 cm³/mol. The topological polar surface area (TPSA) is 369 Å². The minimum Gasteiger partial charge on any atom is -0.340 e. The Balaban J connectivity index is 0.000000112. The summed E-state index contributed by atoms with van der Waals surface area (Å²) in [5.41, 5.74) is 10.1. The van der Waals surface area contributed by atoms with Crippen molar-refractivity contribution in [1.29, 1.82) is 0 Å². The van der Waals surface area contributed by atoms with Gasteiger partial charge in [0.05, 0.1) is 96.0 Å². The van der Waals surface area contributed by atoms with Gasteiger partial charge >= 0.3 is 5.69 Å². The number of halogens is 3. The third-order valence-corrected chi connectivity index (χ3v) is 29.9. The van der Waals surface area contributed by atoms with Crippen LogP contribution in [0.5, 0.6) is 0 Å². The molecule has 41 heteroatoms. The lowest BCUT2D eigenvalue weighted by Crippen LogP contribution is -2.51. The zero-order chi connectivity index (χ0) is 98.4. The Labute approximate surface area is 819 Å². The molecule has 0 saturated heterocycles. The van der Waals surface area contributed by atoms with E-state index in [1.807, 2.05) is 157 Å². The molecule has 24 rings (SSSR count). The van der Waals surface area contributed by atoms with Crippen molar-refractivity contribution >= 4 is 108 Å². The number of rotatable bonds is 20. The minimum absolute atomic E-state index is 0.0770. The monoisotopic (exact) mass is 1970 g/mol. The molecule has 0 bridgehead atoms. The molecule has 3 amide bonds. The number of sulfone groups is 1. The van der Waals surface area contributed by atoms with Crippen LogP contribution in [0.2, 0.25) is 0 Å². The number of guanidine groups is 3. The van der Waals surface area contributed by atoms with Crippen molar-refractivity contribution in [2.45, 2.75) is 161 Å². The van der Waals surface area contributed by atoms with Gasteiger partial charge in [-0.05, 0) is 171 Å². The lowest BCUT2D eigenvalue weighted by Gasteiger charge is -2.34. The fourth-order valence-corrected chi connectivity index (χ4v) is 22.9. The number of fused-ring (bicyclic) bond motifs is 16. The molecule has 3 fully saturated rings. The Bertz CT molecular complexity index is 7850. The number of hydrogen-bond donors (Lipinski definition) is 1. The third kappa shape index (κ3) is 17.5. The fraction of sp³-hybridized carbons (Fsp3) is 0.287. The second-order valence-electron chi connectivity index (χ2n) is 36.6. The largest absolute Gasteiger partial charge is 0.340 e. The van der Waals surface area contributed by atoms with Crippen LogP contribution in [-0.2, 0) is 60.4 Å². The van der Waals surface area contributed by atoms with Gasteiger partial charge in [-0.15, -0.1) is 0 Å². The summed E-state index contributed by atoms with van der Waals surface area (Å²) in [5.74, 6) is 1.87. The van der Waals surface area contributed by atoms with Gasteiger partial charge in [0.15, 0.2) is 38.0 Å². The van der Waals surface area contributed by atoms with Crippen LogP contribution in [0, 0.1) is 23.8 Å². The molecular formula is C101H96F3N27O8S3. The first-order valence-electron chi connectivity index (χ1n) is 46.7. The van der Waals surface area contributed by atoms with E-state index in [4.69, 9.17) is 30.3 Å². The summed E-state index contributed by atoms with van der Waals surface area (Å²) in [6.45, 7) is 5.88. The standard InChI is InChI=1S/C28H24FN7OS.C25H26N8O2.C24H23FN6O3S.C24H23FN6O2S/c1-34-26(37)24-25(36-21-8-4-7-20(21)32-28(34)36)33-35(27(24)38-23-10-2-3-15-30-23)16-17-11-13-18(14-12-17)19-6-5-9-22(29)31-19;1-17(2)13-31-23-21(24(34)30(3)25(31)35)22(28-19-7-5-4-6-8-19)32(29-23)14-18-9-11-20(12-10-18)33-16-26-15-27-33;1-29-22(32)20-21(31-18-7-3-6-17(18)27-24(29)31)28-30(23(20)35(2,33)34)13-14-9-11-15(12-10-14)16-5-4-8-19(25)26-16;1-29-22(32)20-21(31-18-7-3-6-17(18)27-24(29)31)28-30(23(20)34(2)33)13-14-9-11-15(12-10-14)16-5-4-8-19(25)26-16/h2-3,5-6,9-15,20-21H,4,7-8,16H2,1H3;4-12,15-17,28H,13-14H2,1-3H3;4-5,8-12,17-18H,3,6-7,13H2,1-2H3;4-5,8-12,17-18H,3,6-7,13H2,1-2H3/t20-,21+;;17-,18+;17-,18+,34?/m1.11/s1. The highest BCUT2D eigenvalue weighted by molar-refractivity contribution is 7.99. The molecule has 0 spiro atoms. The van der Waals surface area contributed by atoms with Gasteiger partial charge in [-0.2, -0.15) is 38.7 Å². The van der Waals surface area contributed by atoms with Gasteiger partial charge in [-0.1, -0.05) is 141 Å². The Morgan fingerprint density at radius 3 is 1.40 bits per heavy atom. The molecule has 15 aromatic rings. The number of benzene rings is 5. The quantitative estimate of drug-likeness (QED) is 0.0692. The van der Waals surface area contributed by atoms with Crippen LogP contribution in [0.3, 0.4) is 0 Å². The number of carbonyl (C=O) groups excluding carboxylic acids is 3. The van der Waals surface area contributed by atoms with Crippen molar-refractivity contribution in [2.24, 2.45) is 27.9 Å². The molecule has 142 heavy (non-hydrogen) atoms. The van der Waals surface area contributed by atoms with Crippen LogP contribution in [0.4, 0.5) is 42.1 Å². The molecule has 9 aliphatic rings. The van der Waals surface area contributed by atoms with Crippen LogP contribution in [0.15, 0.2) is 264 Å². The second kappa shape index (κ2) is 37.9. The summed E-state index contributed by atoms with van der Waals surface area (Å²) in [7, 11) is 1.44. The normalized spacial score (nSPS) is 18.6. The second-order valence-corrected chi connectivity index (χ2v) is 40.9. The molecule has 722 valence electrons. The van der Waals surface area contributed by atoms with Gasteiger partial charge in [0.25, 0.3) is 23.3 Å². The summed E-state index contributed by atoms with van der Waals surface area (Å²) in [6, 6.07) is 60.9. The summed E-state index contributed by atoms with van der Waals surface area (Å²) in [6.07, 6.45) is 16.7. The average Bonchev–Trinajstić information content (AvgIpc) is 1.55. The van der Waals surface area contributed by atoms with E-state index in [1.165, 1.54) is 52.9 Å². The van der Waals surface area contributed by atoms with Crippen molar-refractivity contribution in [2.75, 3.05) is 53.7 Å². The van der Waals surface area contributed by atoms with Crippen molar-refractivity contribution in [3.63, 3.8) is 0 Å². The fourth-order valence-electron chi connectivity index (χ4n) is 20.1. The van der Waals surface area contributed by atoms with E-state index in [0.717, 1.165) is 129 Å². The van der Waals surface area contributed by atoms with Crippen LogP contribution in [-0.4, -0.2) is 216 Å². The minimum atomic E-state index is -3.78. The third-order valence-electron chi connectivity index (χ3n) is 26.7. The van der Waals surface area contributed by atoms with E-state index in [2.05, 4.69) is 50.2 Å². The summed E-state index contributed by atoms with van der Waals surface area (Å²) in [4.78, 5) is 112. The zero-order valence-electron chi connectivity index (χ0n) is 78.5. The van der Waals surface area contributed by atoms with Crippen molar-refractivity contribution in [3.8, 4) is 39.5 Å². The summed E-state index contributed by atoms with van der Waals surface area (Å²) in [5, 5.41) is 29.0. The number of nitrogens with zero attached hydrogens (tertiary/aromatic N) is 26. The van der Waals surface area contributed by atoms with Gasteiger partial charge in [0.1, 0.15) is 55.6 Å². The molecule has 7 atom stereocenters. The molecule has 5 aromatic carbocycles. The SMILES string of the molecule is CC(C)Cn1c(=O)n(C)c(=O)c2c(Nc3ccccc3)n(Cc3ccc(-n4cncn4)cc3)nc21.CN1C(=O)c2c(nn(Cc3ccc(-c4cccc(F)n4)cc3)c2S(C)(=O)=O)N2C1=N[C@@H]1CCC[C@@H]12.CN1C(=O)c2c(nn(Cc3ccc(-c4cccc(F)n4)cc3)c2S(C)=O)N2C1=N[C@@H]1CCC[C@@H]12.CN1C(=O)c2c(nn(Cc3ccc(-c4cccc(F)n4)cc3)c2Sc2ccccn2)N2C1=N[C@@H]1CCC[C@@H]12. The molecule has 10 aromatic heterocycles. The summed E-state index contributed by atoms with van der Waals surface area (Å²) < 4.78 is 90.4. The Morgan fingerprint density at radius 1 is 0.493 bits per heavy atom. The molecule has 6 aliphatic heterocycles. The van der Waals surface area contributed by atoms with Gasteiger partial charge in [0.2, 0.25) is 35.7 Å². The van der Waals surface area contributed by atoms with E-state index in [0.29, 0.717) is 112 Å². The molecule has 3 aliphatic carbocycles. The predicted octanol–water partition coefficient (Wildman–Crippen LogP) is 13.6. The Morgan fingerprint density at radius 2 is 0.937 bits per heavy atom. The first-order chi connectivity index (χ1) is 68.6. The van der Waals surface area contributed by atoms with Crippen LogP contribution in [0.1, 0.15) is 125 Å². The van der Waals surface area contributed by atoms with E-state index < -0.39 is 44.4 Å². The van der Waals surface area contributed by atoms with Crippen LogP contribution < -0.4 is 31.3 Å². The smallest absolute Gasteiger partial charge is 0.332 e. The number of aliphatic imine (C=N–C) groups is 3. The first kappa shape index (κ1) is 92.8. The van der Waals surface area contributed by atoms with E-state index in [-0.39, 0.29) is 82.4 Å². The molecule has 16 heterocycles. The van der Waals surface area contributed by atoms with Gasteiger partial charge in [-0.25, -0.2) is 71.8 Å². The van der Waals surface area contributed by atoms with Crippen molar-refractivity contribution < 1.29 is 40.2 Å². The number of carbonyl (C=O) groups is 3. The maximum absolute atomic E-state index is 13.7. The summed E-state index contributed by atoms with van der Waals surface area (Å²) >= 11 is 1.45. The van der Waals surface area contributed by atoms with Crippen LogP contribution in [0.25, 0.3) is 50.5 Å².